The molecule has 1 aromatic heterocycles. The normalized spacial score (nSPS) is 16.2. The van der Waals surface area contributed by atoms with Crippen LogP contribution in [0.2, 0.25) is 0 Å². The molecule has 1 atom stereocenters. The van der Waals surface area contributed by atoms with Crippen molar-refractivity contribution in [3.8, 4) is 11.4 Å². The summed E-state index contributed by atoms with van der Waals surface area (Å²) in [6, 6.07) is 15.3. The summed E-state index contributed by atoms with van der Waals surface area (Å²) >= 11 is 0. The van der Waals surface area contributed by atoms with E-state index in [-0.39, 0.29) is 5.91 Å². The van der Waals surface area contributed by atoms with E-state index in [0.29, 0.717) is 23.7 Å². The molecular weight excluding hydrogens is 356 g/mol. The Hall–Kier alpha value is -3.42. The van der Waals surface area contributed by atoms with Crippen LogP contribution in [0.4, 0.5) is 5.69 Å². The van der Waals surface area contributed by atoms with Gasteiger partial charge >= 0.3 is 0 Å². The topological polar surface area (TPSA) is 85.2 Å². The molecule has 2 heterocycles. The van der Waals surface area contributed by atoms with Crippen LogP contribution in [0.25, 0.3) is 5.69 Å². The first-order chi connectivity index (χ1) is 13.8. The van der Waals surface area contributed by atoms with Crippen molar-refractivity contribution < 1.29 is 9.53 Å². The Morgan fingerprint density at radius 1 is 1.18 bits per heavy atom. The minimum atomic E-state index is -0.123. The Morgan fingerprint density at radius 2 is 1.96 bits per heavy atom. The molecule has 1 aliphatic rings. The summed E-state index contributed by atoms with van der Waals surface area (Å²) in [5.74, 6) is 1.14. The van der Waals surface area contributed by atoms with Crippen LogP contribution in [-0.2, 0) is 0 Å². The number of aromatic nitrogens is 4. The van der Waals surface area contributed by atoms with Crippen LogP contribution in [0.3, 0.4) is 0 Å². The number of carbonyl (C=O) groups is 1. The van der Waals surface area contributed by atoms with Crippen molar-refractivity contribution >= 4 is 11.6 Å². The highest BCUT2D eigenvalue weighted by molar-refractivity contribution is 5.97. The van der Waals surface area contributed by atoms with Gasteiger partial charge in [0.05, 0.1) is 24.0 Å². The number of methoxy groups -OCH3 is 1. The standard InChI is InChI=1S/C20H22N6O2/c1-28-19-9-5-4-8-18(19)25-11-10-15(13-25)12-21-20(27)16-6-2-3-7-17(16)26-14-22-23-24-26/h2-9,14-15H,10-13H2,1H3,(H,21,27)/t15-/m0/s1. The summed E-state index contributed by atoms with van der Waals surface area (Å²) in [4.78, 5) is 15.1. The van der Waals surface area contributed by atoms with Crippen LogP contribution >= 0.6 is 0 Å². The van der Waals surface area contributed by atoms with Gasteiger partial charge in [-0.15, -0.1) is 5.10 Å². The fourth-order valence-corrected chi connectivity index (χ4v) is 3.58. The third-order valence-corrected chi connectivity index (χ3v) is 5.01. The highest BCUT2D eigenvalue weighted by Gasteiger charge is 2.25. The smallest absolute Gasteiger partial charge is 0.253 e. The second kappa shape index (κ2) is 8.08. The molecule has 1 aliphatic heterocycles. The van der Waals surface area contributed by atoms with Crippen molar-refractivity contribution in [2.24, 2.45) is 5.92 Å². The molecule has 3 aromatic rings. The van der Waals surface area contributed by atoms with E-state index in [1.165, 1.54) is 11.0 Å². The maximum absolute atomic E-state index is 12.7. The van der Waals surface area contributed by atoms with Crippen molar-refractivity contribution in [2.75, 3.05) is 31.6 Å². The van der Waals surface area contributed by atoms with Gasteiger partial charge in [-0.2, -0.15) is 4.68 Å². The second-order valence-electron chi connectivity index (χ2n) is 6.75. The van der Waals surface area contributed by atoms with Gasteiger partial charge in [0.15, 0.2) is 0 Å². The van der Waals surface area contributed by atoms with E-state index in [0.717, 1.165) is 30.9 Å². The van der Waals surface area contributed by atoms with E-state index in [1.54, 1.807) is 13.2 Å². The van der Waals surface area contributed by atoms with Gasteiger partial charge in [-0.05, 0) is 47.0 Å². The van der Waals surface area contributed by atoms with Crippen LogP contribution in [0.5, 0.6) is 5.75 Å². The first-order valence-electron chi connectivity index (χ1n) is 9.25. The molecule has 1 N–H and O–H groups in total. The van der Waals surface area contributed by atoms with E-state index in [2.05, 4.69) is 31.8 Å². The molecule has 8 heteroatoms. The van der Waals surface area contributed by atoms with E-state index in [9.17, 15) is 4.79 Å². The molecule has 0 unspecified atom stereocenters. The summed E-state index contributed by atoms with van der Waals surface area (Å²) in [6.45, 7) is 2.45. The fourth-order valence-electron chi connectivity index (χ4n) is 3.58. The summed E-state index contributed by atoms with van der Waals surface area (Å²) in [5.41, 5.74) is 2.31. The molecule has 1 amide bonds. The first-order valence-corrected chi connectivity index (χ1v) is 9.25. The Labute approximate surface area is 163 Å². The Kier molecular flexibility index (Phi) is 5.18. The quantitative estimate of drug-likeness (QED) is 0.705. The number of para-hydroxylation sites is 3. The van der Waals surface area contributed by atoms with Gasteiger partial charge < -0.3 is 15.0 Å². The molecule has 4 rings (SSSR count). The predicted octanol–water partition coefficient (Wildman–Crippen LogP) is 1.93. The lowest BCUT2D eigenvalue weighted by atomic mass is 10.1. The summed E-state index contributed by atoms with van der Waals surface area (Å²) in [6.07, 6.45) is 2.50. The highest BCUT2D eigenvalue weighted by Crippen LogP contribution is 2.31. The maximum atomic E-state index is 12.7. The maximum Gasteiger partial charge on any atom is 0.253 e. The lowest BCUT2D eigenvalue weighted by Crippen LogP contribution is -2.31. The molecule has 1 saturated heterocycles. The molecular formula is C20H22N6O2. The number of anilines is 1. The summed E-state index contributed by atoms with van der Waals surface area (Å²) in [7, 11) is 1.69. The summed E-state index contributed by atoms with van der Waals surface area (Å²) < 4.78 is 6.96. The average molecular weight is 378 g/mol. The number of nitrogens with one attached hydrogen (secondary N) is 1. The van der Waals surface area contributed by atoms with E-state index in [1.807, 2.05) is 36.4 Å². The van der Waals surface area contributed by atoms with Crippen LogP contribution < -0.4 is 15.0 Å². The Morgan fingerprint density at radius 3 is 2.75 bits per heavy atom. The summed E-state index contributed by atoms with van der Waals surface area (Å²) in [5, 5.41) is 14.2. The molecule has 1 fully saturated rings. The average Bonchev–Trinajstić information content (AvgIpc) is 3.44. The van der Waals surface area contributed by atoms with Crippen molar-refractivity contribution in [3.05, 3.63) is 60.4 Å². The molecule has 2 aromatic carbocycles. The number of carbonyl (C=O) groups excluding carboxylic acids is 1. The highest BCUT2D eigenvalue weighted by atomic mass is 16.5. The number of tetrazole rings is 1. The molecule has 144 valence electrons. The zero-order valence-electron chi connectivity index (χ0n) is 15.7. The monoisotopic (exact) mass is 378 g/mol. The lowest BCUT2D eigenvalue weighted by Gasteiger charge is -2.21. The van der Waals surface area contributed by atoms with Crippen LogP contribution in [-0.4, -0.2) is 52.9 Å². The number of hydrogen-bond acceptors (Lipinski definition) is 6. The molecule has 0 bridgehead atoms. The van der Waals surface area contributed by atoms with Gasteiger partial charge in [0.25, 0.3) is 5.91 Å². The van der Waals surface area contributed by atoms with Crippen molar-refractivity contribution in [1.29, 1.82) is 0 Å². The van der Waals surface area contributed by atoms with Gasteiger partial charge in [-0.1, -0.05) is 24.3 Å². The van der Waals surface area contributed by atoms with Crippen molar-refractivity contribution in [3.63, 3.8) is 0 Å². The van der Waals surface area contributed by atoms with E-state index >= 15 is 0 Å². The molecule has 0 saturated carbocycles. The second-order valence-corrected chi connectivity index (χ2v) is 6.75. The van der Waals surface area contributed by atoms with Crippen LogP contribution in [0.1, 0.15) is 16.8 Å². The van der Waals surface area contributed by atoms with Gasteiger partial charge in [-0.25, -0.2) is 0 Å². The van der Waals surface area contributed by atoms with E-state index in [4.69, 9.17) is 4.74 Å². The van der Waals surface area contributed by atoms with Crippen LogP contribution in [0.15, 0.2) is 54.9 Å². The largest absolute Gasteiger partial charge is 0.495 e. The fraction of sp³-hybridized carbons (Fsp3) is 0.300. The number of benzene rings is 2. The van der Waals surface area contributed by atoms with Gasteiger partial charge in [0.1, 0.15) is 12.1 Å². The third-order valence-electron chi connectivity index (χ3n) is 5.01. The SMILES string of the molecule is COc1ccccc1N1CC[C@@H](CNC(=O)c2ccccc2-n2cnnn2)C1. The number of amides is 1. The Balaban J connectivity index is 1.39. The van der Waals surface area contributed by atoms with Gasteiger partial charge in [0.2, 0.25) is 0 Å². The number of hydrogen-bond donors (Lipinski definition) is 1. The van der Waals surface area contributed by atoms with Crippen molar-refractivity contribution in [2.45, 2.75) is 6.42 Å². The molecule has 0 aliphatic carbocycles. The minimum Gasteiger partial charge on any atom is -0.495 e. The van der Waals surface area contributed by atoms with E-state index < -0.39 is 0 Å². The number of nitrogens with zero attached hydrogens (tertiary/aromatic N) is 5. The Bertz CT molecular complexity index is 943. The number of ether oxygens (including phenoxy) is 1. The molecule has 0 spiro atoms. The first kappa shape index (κ1) is 18.0. The molecule has 28 heavy (non-hydrogen) atoms. The van der Waals surface area contributed by atoms with Gasteiger partial charge in [-0.3, -0.25) is 4.79 Å². The third kappa shape index (κ3) is 3.66. The minimum absolute atomic E-state index is 0.123. The zero-order valence-corrected chi connectivity index (χ0v) is 15.7. The number of rotatable bonds is 6. The zero-order chi connectivity index (χ0) is 19.3. The van der Waals surface area contributed by atoms with Crippen LogP contribution in [0, 0.1) is 5.92 Å². The molecule has 8 nitrogen and oxygen atoms in total. The molecule has 0 radical (unpaired) electrons. The van der Waals surface area contributed by atoms with Gasteiger partial charge in [0, 0.05) is 19.6 Å². The predicted molar refractivity (Wildman–Crippen MR) is 105 cm³/mol. The van der Waals surface area contributed by atoms with Crippen molar-refractivity contribution in [1.82, 2.24) is 25.5 Å². The lowest BCUT2D eigenvalue weighted by molar-refractivity contribution is 0.0948.